The van der Waals surface area contributed by atoms with Crippen molar-refractivity contribution in [2.75, 3.05) is 25.4 Å². The van der Waals surface area contributed by atoms with Gasteiger partial charge in [-0.1, -0.05) is 6.92 Å². The molecule has 1 aromatic heterocycles. The van der Waals surface area contributed by atoms with Crippen LogP contribution in [0.4, 0.5) is 5.69 Å². The molecule has 1 heterocycles. The first-order chi connectivity index (χ1) is 10.0. The van der Waals surface area contributed by atoms with Crippen LogP contribution in [0.2, 0.25) is 0 Å². The number of nitrogens with one attached hydrogen (secondary N) is 1. The minimum atomic E-state index is -0.188. The van der Waals surface area contributed by atoms with Gasteiger partial charge in [-0.2, -0.15) is 0 Å². The third-order valence-electron chi connectivity index (χ3n) is 3.36. The van der Waals surface area contributed by atoms with E-state index in [1.54, 1.807) is 17.2 Å². The highest BCUT2D eigenvalue weighted by Crippen LogP contribution is 2.11. The lowest BCUT2D eigenvalue weighted by Crippen LogP contribution is -2.34. The van der Waals surface area contributed by atoms with Crippen LogP contribution in [0.3, 0.4) is 0 Å². The van der Waals surface area contributed by atoms with Gasteiger partial charge in [-0.05, 0) is 26.3 Å². The predicted molar refractivity (Wildman–Crippen MR) is 84.0 cm³/mol. The highest BCUT2D eigenvalue weighted by atomic mass is 16.2. The summed E-state index contributed by atoms with van der Waals surface area (Å²) in [6, 6.07) is 1.66. The lowest BCUT2D eigenvalue weighted by atomic mass is 10.3. The van der Waals surface area contributed by atoms with E-state index in [0.29, 0.717) is 37.4 Å². The minimum absolute atomic E-state index is 0.0590. The fraction of sp³-hybridized carbons (Fsp3) is 0.600. The van der Waals surface area contributed by atoms with Crippen molar-refractivity contribution >= 4 is 17.5 Å². The number of carbonyl (C=O) groups excluding carboxylic acids is 2. The van der Waals surface area contributed by atoms with Gasteiger partial charge in [0.25, 0.3) is 5.91 Å². The fourth-order valence-corrected chi connectivity index (χ4v) is 2.26. The van der Waals surface area contributed by atoms with Crippen LogP contribution in [-0.4, -0.2) is 40.9 Å². The van der Waals surface area contributed by atoms with Crippen LogP contribution < -0.4 is 11.1 Å². The number of hydrogen-bond donors (Lipinski definition) is 2. The number of anilines is 1. The predicted octanol–water partition coefficient (Wildman–Crippen LogP) is 1.47. The highest BCUT2D eigenvalue weighted by molar-refractivity contribution is 5.94. The molecule has 0 unspecified atom stereocenters. The maximum Gasteiger partial charge on any atom is 0.267 e. The number of amides is 2. The van der Waals surface area contributed by atoms with E-state index in [1.165, 1.54) is 0 Å². The van der Waals surface area contributed by atoms with E-state index in [-0.39, 0.29) is 11.8 Å². The zero-order valence-electron chi connectivity index (χ0n) is 13.2. The van der Waals surface area contributed by atoms with Crippen molar-refractivity contribution in [1.29, 1.82) is 0 Å². The number of nitrogens with zero attached hydrogens (tertiary/aromatic N) is 2. The summed E-state index contributed by atoms with van der Waals surface area (Å²) in [5.74, 6) is -0.128. The molecular formula is C15H26N4O2. The van der Waals surface area contributed by atoms with Crippen LogP contribution in [0.15, 0.2) is 12.3 Å². The lowest BCUT2D eigenvalue weighted by Gasteiger charge is -2.18. The Morgan fingerprint density at radius 2 is 1.95 bits per heavy atom. The van der Waals surface area contributed by atoms with Crippen LogP contribution >= 0.6 is 0 Å². The van der Waals surface area contributed by atoms with Crippen molar-refractivity contribution in [1.82, 2.24) is 14.8 Å². The summed E-state index contributed by atoms with van der Waals surface area (Å²) in [7, 11) is 0. The van der Waals surface area contributed by atoms with E-state index in [0.717, 1.165) is 13.0 Å². The van der Waals surface area contributed by atoms with Gasteiger partial charge in [-0.15, -0.1) is 0 Å². The van der Waals surface area contributed by atoms with Crippen LogP contribution in [0.25, 0.3) is 0 Å². The molecule has 0 bridgehead atoms. The van der Waals surface area contributed by atoms with Crippen molar-refractivity contribution < 1.29 is 9.59 Å². The molecule has 2 amide bonds. The topological polar surface area (TPSA) is 80.4 Å². The molecule has 1 rings (SSSR count). The second kappa shape index (κ2) is 8.34. The average molecular weight is 294 g/mol. The molecule has 21 heavy (non-hydrogen) atoms. The van der Waals surface area contributed by atoms with Gasteiger partial charge in [0, 0.05) is 38.8 Å². The average Bonchev–Trinajstić information content (AvgIpc) is 2.81. The second-order valence-corrected chi connectivity index (χ2v) is 4.92. The molecule has 0 aromatic carbocycles. The molecule has 118 valence electrons. The van der Waals surface area contributed by atoms with Crippen LogP contribution in [-0.2, 0) is 11.3 Å². The minimum Gasteiger partial charge on any atom is -0.397 e. The van der Waals surface area contributed by atoms with Gasteiger partial charge in [0.15, 0.2) is 0 Å². The van der Waals surface area contributed by atoms with Gasteiger partial charge < -0.3 is 20.5 Å². The number of aryl methyl sites for hydroxylation is 1. The van der Waals surface area contributed by atoms with Crippen molar-refractivity contribution in [3.63, 3.8) is 0 Å². The lowest BCUT2D eigenvalue weighted by molar-refractivity contribution is -0.130. The third-order valence-corrected chi connectivity index (χ3v) is 3.36. The summed E-state index contributed by atoms with van der Waals surface area (Å²) in [5, 5.41) is 2.78. The van der Waals surface area contributed by atoms with Crippen molar-refractivity contribution in [3.05, 3.63) is 18.0 Å². The Bertz CT molecular complexity index is 478. The molecule has 6 nitrogen and oxygen atoms in total. The molecule has 0 aliphatic carbocycles. The van der Waals surface area contributed by atoms with Crippen molar-refractivity contribution in [2.24, 2.45) is 0 Å². The Labute approximate surface area is 126 Å². The number of aromatic nitrogens is 1. The number of carbonyl (C=O) groups is 2. The van der Waals surface area contributed by atoms with Gasteiger partial charge >= 0.3 is 0 Å². The SMILES string of the molecule is CCCn1cc(N)cc1C(=O)NCCC(=O)N(CC)CC. The van der Waals surface area contributed by atoms with Gasteiger partial charge in [-0.25, -0.2) is 0 Å². The van der Waals surface area contributed by atoms with E-state index < -0.39 is 0 Å². The quantitative estimate of drug-likeness (QED) is 0.762. The van der Waals surface area contributed by atoms with E-state index >= 15 is 0 Å². The molecule has 0 spiro atoms. The number of hydrogen-bond acceptors (Lipinski definition) is 3. The molecular weight excluding hydrogens is 268 g/mol. The van der Waals surface area contributed by atoms with Gasteiger partial charge in [-0.3, -0.25) is 9.59 Å². The molecule has 3 N–H and O–H groups in total. The number of nitrogen functional groups attached to an aromatic ring is 1. The first kappa shape index (κ1) is 17.1. The monoisotopic (exact) mass is 294 g/mol. The zero-order chi connectivity index (χ0) is 15.8. The maximum absolute atomic E-state index is 12.1. The Balaban J connectivity index is 2.52. The van der Waals surface area contributed by atoms with E-state index in [2.05, 4.69) is 5.32 Å². The number of rotatable bonds is 8. The van der Waals surface area contributed by atoms with Gasteiger partial charge in [0.2, 0.25) is 5.91 Å². The van der Waals surface area contributed by atoms with E-state index in [4.69, 9.17) is 5.73 Å². The summed E-state index contributed by atoms with van der Waals surface area (Å²) >= 11 is 0. The highest BCUT2D eigenvalue weighted by Gasteiger charge is 2.14. The molecule has 0 saturated carbocycles. The summed E-state index contributed by atoms with van der Waals surface area (Å²) in [5.41, 5.74) is 6.86. The van der Waals surface area contributed by atoms with Crippen molar-refractivity contribution in [2.45, 2.75) is 40.2 Å². The maximum atomic E-state index is 12.1. The summed E-state index contributed by atoms with van der Waals surface area (Å²) in [4.78, 5) is 25.7. The zero-order valence-corrected chi connectivity index (χ0v) is 13.2. The summed E-state index contributed by atoms with van der Waals surface area (Å²) in [6.45, 7) is 8.41. The molecule has 0 atom stereocenters. The summed E-state index contributed by atoms with van der Waals surface area (Å²) in [6.07, 6.45) is 3.01. The van der Waals surface area contributed by atoms with Gasteiger partial charge in [0.1, 0.15) is 5.69 Å². The summed E-state index contributed by atoms with van der Waals surface area (Å²) < 4.78 is 1.84. The first-order valence-corrected chi connectivity index (χ1v) is 7.55. The Morgan fingerprint density at radius 1 is 1.29 bits per heavy atom. The second-order valence-electron chi connectivity index (χ2n) is 4.92. The molecule has 1 aromatic rings. The first-order valence-electron chi connectivity index (χ1n) is 7.55. The molecule has 0 fully saturated rings. The number of nitrogens with two attached hydrogens (primary N) is 1. The normalized spacial score (nSPS) is 10.4. The van der Waals surface area contributed by atoms with E-state index in [1.807, 2.05) is 25.3 Å². The standard InChI is InChI=1S/C15H26N4O2/c1-4-9-19-11-12(16)10-13(19)15(21)17-8-7-14(20)18(5-2)6-3/h10-11H,4-9,16H2,1-3H3,(H,17,21). The van der Waals surface area contributed by atoms with Crippen molar-refractivity contribution in [3.8, 4) is 0 Å². The Hall–Kier alpha value is -1.98. The largest absolute Gasteiger partial charge is 0.397 e. The molecule has 0 aliphatic rings. The molecule has 6 heteroatoms. The Morgan fingerprint density at radius 3 is 2.52 bits per heavy atom. The van der Waals surface area contributed by atoms with Crippen LogP contribution in [0, 0.1) is 0 Å². The van der Waals surface area contributed by atoms with Crippen LogP contribution in [0.1, 0.15) is 44.1 Å². The molecule has 0 aliphatic heterocycles. The molecule has 0 saturated heterocycles. The smallest absolute Gasteiger partial charge is 0.267 e. The fourth-order valence-electron chi connectivity index (χ4n) is 2.26. The van der Waals surface area contributed by atoms with Gasteiger partial charge in [0.05, 0.1) is 5.69 Å². The van der Waals surface area contributed by atoms with E-state index in [9.17, 15) is 9.59 Å². The Kier molecular flexibility index (Phi) is 6.78. The molecule has 0 radical (unpaired) electrons. The third kappa shape index (κ3) is 4.81. The van der Waals surface area contributed by atoms with Crippen LogP contribution in [0.5, 0.6) is 0 Å².